The fraction of sp³-hybridized carbons (Fsp3) is 0.714. The summed E-state index contributed by atoms with van der Waals surface area (Å²) < 4.78 is 0. The number of carbonyl (C=O) groups is 2. The molecule has 5 heteroatoms. The van der Waals surface area contributed by atoms with Gasteiger partial charge < -0.3 is 15.3 Å². The quantitative estimate of drug-likeness (QED) is 0.166. The number of carbonyl (C=O) groups excluding carboxylic acids is 2. The lowest BCUT2D eigenvalue weighted by atomic mass is 10.0. The first-order valence-corrected chi connectivity index (χ1v) is 13.3. The number of nitrogens with one attached hydrogen (secondary N) is 1. The van der Waals surface area contributed by atoms with Gasteiger partial charge in [0.25, 0.3) is 5.91 Å². The summed E-state index contributed by atoms with van der Waals surface area (Å²) in [4.78, 5) is 26.6. The molecule has 0 bridgehead atoms. The average Bonchev–Trinajstić information content (AvgIpc) is 2.81. The summed E-state index contributed by atoms with van der Waals surface area (Å²) in [5.41, 5.74) is 2.58. The average molecular weight is 461 g/mol. The minimum absolute atomic E-state index is 0.0963. The van der Waals surface area contributed by atoms with E-state index in [0.717, 1.165) is 37.1 Å². The van der Waals surface area contributed by atoms with E-state index < -0.39 is 5.91 Å². The van der Waals surface area contributed by atoms with E-state index in [4.69, 9.17) is 0 Å². The molecule has 1 aromatic carbocycles. The van der Waals surface area contributed by atoms with Crippen LogP contribution in [0.3, 0.4) is 0 Å². The van der Waals surface area contributed by atoms with Crippen LogP contribution in [0, 0.1) is 6.92 Å². The predicted octanol–water partition coefficient (Wildman–Crippen LogP) is 6.80. The van der Waals surface area contributed by atoms with Gasteiger partial charge >= 0.3 is 0 Å². The Balaban J connectivity index is 2.17. The number of nitrogens with zero attached hydrogens (tertiary/aromatic N) is 1. The molecule has 0 aliphatic carbocycles. The van der Waals surface area contributed by atoms with Gasteiger partial charge in [0.05, 0.1) is 6.61 Å². The first-order chi connectivity index (χ1) is 16.0. The number of aliphatic hydroxyl groups excluding tert-OH is 1. The number of ketones is 1. The SMILES string of the molecule is CCCCCCCCCCCCCCCC(=O)C(=O)Nc1ccc(N(CC)CCO)cc1C. The van der Waals surface area contributed by atoms with E-state index in [2.05, 4.69) is 17.1 Å². The van der Waals surface area contributed by atoms with Gasteiger partial charge in [0.15, 0.2) is 0 Å². The zero-order valence-electron chi connectivity index (χ0n) is 21.5. The standard InChI is InChI=1S/C28H48N2O3/c1-4-6-7-8-9-10-11-12-13-14-15-16-17-18-27(32)28(33)29-26-20-19-25(23-24(26)3)30(5-2)21-22-31/h19-20,23,31H,4-18,21-22H2,1-3H3,(H,29,33). The van der Waals surface area contributed by atoms with Gasteiger partial charge in [0, 0.05) is 30.9 Å². The molecule has 0 spiro atoms. The summed E-state index contributed by atoms with van der Waals surface area (Å²) in [6.07, 6.45) is 16.7. The molecule has 188 valence electrons. The minimum Gasteiger partial charge on any atom is -0.395 e. The van der Waals surface area contributed by atoms with Crippen molar-refractivity contribution in [1.29, 1.82) is 0 Å². The summed E-state index contributed by atoms with van der Waals surface area (Å²) in [6, 6.07) is 5.73. The van der Waals surface area contributed by atoms with Gasteiger partial charge in [-0.25, -0.2) is 0 Å². The molecular weight excluding hydrogens is 412 g/mol. The smallest absolute Gasteiger partial charge is 0.291 e. The summed E-state index contributed by atoms with van der Waals surface area (Å²) in [5.74, 6) is -0.857. The molecule has 5 nitrogen and oxygen atoms in total. The van der Waals surface area contributed by atoms with Gasteiger partial charge in [-0.05, 0) is 44.0 Å². The molecule has 0 aliphatic rings. The van der Waals surface area contributed by atoms with Crippen molar-refractivity contribution < 1.29 is 14.7 Å². The van der Waals surface area contributed by atoms with E-state index in [9.17, 15) is 14.7 Å². The van der Waals surface area contributed by atoms with Crippen LogP contribution in [-0.4, -0.2) is 36.5 Å². The van der Waals surface area contributed by atoms with Gasteiger partial charge in [-0.15, -0.1) is 0 Å². The highest BCUT2D eigenvalue weighted by Crippen LogP contribution is 2.23. The summed E-state index contributed by atoms with van der Waals surface area (Å²) in [7, 11) is 0. The van der Waals surface area contributed by atoms with Crippen LogP contribution in [0.15, 0.2) is 18.2 Å². The second-order valence-electron chi connectivity index (χ2n) is 9.17. The molecule has 0 saturated carbocycles. The number of hydrogen-bond donors (Lipinski definition) is 2. The first kappa shape index (κ1) is 29.2. The Kier molecular flexibility index (Phi) is 16.4. The summed E-state index contributed by atoms with van der Waals surface area (Å²) in [5, 5.41) is 12.0. The summed E-state index contributed by atoms with van der Waals surface area (Å²) >= 11 is 0. The molecule has 0 fully saturated rings. The van der Waals surface area contributed by atoms with Gasteiger partial charge in [-0.1, -0.05) is 84.0 Å². The highest BCUT2D eigenvalue weighted by molar-refractivity contribution is 6.40. The Morgan fingerprint density at radius 2 is 1.39 bits per heavy atom. The second kappa shape index (κ2) is 18.5. The number of aliphatic hydroxyl groups is 1. The number of amides is 1. The van der Waals surface area contributed by atoms with E-state index in [1.54, 1.807) is 0 Å². The van der Waals surface area contributed by atoms with Crippen LogP contribution in [-0.2, 0) is 9.59 Å². The molecule has 0 unspecified atom stereocenters. The van der Waals surface area contributed by atoms with Crippen molar-refractivity contribution in [1.82, 2.24) is 0 Å². The normalized spacial score (nSPS) is 10.9. The van der Waals surface area contributed by atoms with E-state index >= 15 is 0 Å². The molecule has 0 aromatic heterocycles. The van der Waals surface area contributed by atoms with E-state index in [-0.39, 0.29) is 12.4 Å². The van der Waals surface area contributed by atoms with Gasteiger partial charge in [-0.3, -0.25) is 9.59 Å². The molecule has 1 aromatic rings. The zero-order chi connectivity index (χ0) is 24.3. The van der Waals surface area contributed by atoms with Gasteiger partial charge in [0.1, 0.15) is 0 Å². The molecule has 2 N–H and O–H groups in total. The number of anilines is 2. The van der Waals surface area contributed by atoms with Gasteiger partial charge in [-0.2, -0.15) is 0 Å². The number of likely N-dealkylation sites (N-methyl/N-ethyl adjacent to an activating group) is 1. The van der Waals surface area contributed by atoms with Crippen molar-refractivity contribution in [3.8, 4) is 0 Å². The number of rotatable bonds is 20. The Labute approximate surface area is 202 Å². The molecule has 0 radical (unpaired) electrons. The lowest BCUT2D eigenvalue weighted by molar-refractivity contribution is -0.134. The van der Waals surface area contributed by atoms with E-state index in [0.29, 0.717) is 18.7 Å². The highest BCUT2D eigenvalue weighted by atomic mass is 16.3. The van der Waals surface area contributed by atoms with Crippen molar-refractivity contribution in [2.24, 2.45) is 0 Å². The van der Waals surface area contributed by atoms with Crippen molar-refractivity contribution >= 4 is 23.1 Å². The molecule has 0 atom stereocenters. The predicted molar refractivity (Wildman–Crippen MR) is 140 cm³/mol. The van der Waals surface area contributed by atoms with Crippen molar-refractivity contribution in [3.05, 3.63) is 23.8 Å². The molecular formula is C28H48N2O3. The maximum atomic E-state index is 12.3. The van der Waals surface area contributed by atoms with Crippen LogP contribution >= 0.6 is 0 Å². The molecule has 0 aliphatic heterocycles. The Bertz CT molecular complexity index is 675. The third kappa shape index (κ3) is 12.8. The molecule has 33 heavy (non-hydrogen) atoms. The highest BCUT2D eigenvalue weighted by Gasteiger charge is 2.15. The number of aryl methyl sites for hydroxylation is 1. The van der Waals surface area contributed by atoms with Crippen LogP contribution in [0.25, 0.3) is 0 Å². The molecule has 0 heterocycles. The first-order valence-electron chi connectivity index (χ1n) is 13.3. The van der Waals surface area contributed by atoms with E-state index in [1.807, 2.05) is 32.0 Å². The zero-order valence-corrected chi connectivity index (χ0v) is 21.5. The number of benzene rings is 1. The number of Topliss-reactive ketones (excluding diaryl/α,β-unsaturated/α-hetero) is 1. The van der Waals surface area contributed by atoms with Crippen LogP contribution in [0.1, 0.15) is 109 Å². The van der Waals surface area contributed by atoms with Crippen molar-refractivity contribution in [3.63, 3.8) is 0 Å². The van der Waals surface area contributed by atoms with Crippen LogP contribution in [0.2, 0.25) is 0 Å². The number of hydrogen-bond acceptors (Lipinski definition) is 4. The van der Waals surface area contributed by atoms with E-state index in [1.165, 1.54) is 64.2 Å². The Morgan fingerprint density at radius 3 is 1.88 bits per heavy atom. The summed E-state index contributed by atoms with van der Waals surface area (Å²) in [6.45, 7) is 7.67. The third-order valence-corrected chi connectivity index (χ3v) is 6.34. The van der Waals surface area contributed by atoms with Crippen molar-refractivity contribution in [2.75, 3.05) is 29.9 Å². The Hall–Kier alpha value is -1.88. The topological polar surface area (TPSA) is 69.6 Å². The van der Waals surface area contributed by atoms with Crippen molar-refractivity contribution in [2.45, 2.75) is 111 Å². The second-order valence-corrected chi connectivity index (χ2v) is 9.17. The van der Waals surface area contributed by atoms with Gasteiger partial charge in [0.2, 0.25) is 5.78 Å². The lowest BCUT2D eigenvalue weighted by Crippen LogP contribution is -2.26. The lowest BCUT2D eigenvalue weighted by Gasteiger charge is -2.23. The molecule has 1 amide bonds. The number of unbranched alkanes of at least 4 members (excludes halogenated alkanes) is 12. The molecule has 0 saturated heterocycles. The maximum absolute atomic E-state index is 12.3. The van der Waals surface area contributed by atoms with Crippen LogP contribution in [0.5, 0.6) is 0 Å². The monoisotopic (exact) mass is 460 g/mol. The largest absolute Gasteiger partial charge is 0.395 e. The fourth-order valence-electron chi connectivity index (χ4n) is 4.18. The third-order valence-electron chi connectivity index (χ3n) is 6.34. The fourth-order valence-corrected chi connectivity index (χ4v) is 4.18. The maximum Gasteiger partial charge on any atom is 0.291 e. The Morgan fingerprint density at radius 1 is 0.848 bits per heavy atom. The van der Waals surface area contributed by atoms with Crippen LogP contribution < -0.4 is 10.2 Å². The molecule has 1 rings (SSSR count). The minimum atomic E-state index is -0.521. The van der Waals surface area contributed by atoms with Crippen LogP contribution in [0.4, 0.5) is 11.4 Å².